The van der Waals surface area contributed by atoms with Crippen molar-refractivity contribution in [1.29, 1.82) is 0 Å². The molecule has 2 aromatic carbocycles. The van der Waals surface area contributed by atoms with Crippen LogP contribution in [-0.2, 0) is 4.79 Å². The van der Waals surface area contributed by atoms with Crippen LogP contribution in [0.15, 0.2) is 59.8 Å². The number of nitrogens with one attached hydrogen (secondary N) is 1. The average molecular weight is 366 g/mol. The molecule has 0 spiro atoms. The molecule has 2 N–H and O–H groups in total. The van der Waals surface area contributed by atoms with Gasteiger partial charge in [0.15, 0.2) is 6.61 Å². The fraction of sp³-hybridized carbons (Fsp3) is 0.0556. The van der Waals surface area contributed by atoms with Gasteiger partial charge in [-0.2, -0.15) is 5.10 Å². The van der Waals surface area contributed by atoms with Gasteiger partial charge in [0.25, 0.3) is 11.6 Å². The van der Waals surface area contributed by atoms with Crippen LogP contribution in [0, 0.1) is 10.1 Å². The van der Waals surface area contributed by atoms with Crippen LogP contribution in [0.5, 0.6) is 11.5 Å². The highest BCUT2D eigenvalue weighted by Gasteiger charge is 2.09. The molecule has 1 amide bonds. The predicted molar refractivity (Wildman–Crippen MR) is 97.7 cm³/mol. The largest absolute Gasteiger partial charge is 0.507 e. The maximum Gasteiger partial charge on any atom is 0.277 e. The summed E-state index contributed by atoms with van der Waals surface area (Å²) in [4.78, 5) is 26.2. The molecule has 3 aromatic rings. The molecular weight excluding hydrogens is 352 g/mol. The lowest BCUT2D eigenvalue weighted by atomic mass is 10.2. The van der Waals surface area contributed by atoms with Gasteiger partial charge in [-0.1, -0.05) is 18.2 Å². The number of carbonyl (C=O) groups excluding carboxylic acids is 1. The number of phenolic OH excluding ortho intramolecular Hbond substituents is 1. The van der Waals surface area contributed by atoms with Crippen LogP contribution in [-0.4, -0.2) is 33.7 Å². The number of phenols is 1. The number of pyridine rings is 1. The van der Waals surface area contributed by atoms with Crippen molar-refractivity contribution < 1.29 is 19.6 Å². The zero-order valence-corrected chi connectivity index (χ0v) is 13.9. The van der Waals surface area contributed by atoms with Crippen LogP contribution in [0.3, 0.4) is 0 Å². The summed E-state index contributed by atoms with van der Waals surface area (Å²) in [5, 5.41) is 25.0. The Labute approximate surface area is 153 Å². The molecule has 0 fully saturated rings. The number of hydrogen-bond acceptors (Lipinski definition) is 7. The molecule has 0 saturated carbocycles. The van der Waals surface area contributed by atoms with E-state index in [9.17, 15) is 20.0 Å². The summed E-state index contributed by atoms with van der Waals surface area (Å²) < 4.78 is 5.47. The molecule has 0 saturated heterocycles. The first-order valence-corrected chi connectivity index (χ1v) is 7.80. The van der Waals surface area contributed by atoms with E-state index in [0.29, 0.717) is 11.3 Å². The quantitative estimate of drug-likeness (QED) is 0.392. The first kappa shape index (κ1) is 17.8. The highest BCUT2D eigenvalue weighted by molar-refractivity contribution is 5.87. The number of ether oxygens (including phenoxy) is 1. The number of hydrogen-bond donors (Lipinski definition) is 2. The number of nitrogens with zero attached hydrogens (tertiary/aromatic N) is 3. The topological polar surface area (TPSA) is 127 Å². The molecule has 0 radical (unpaired) electrons. The molecule has 0 bridgehead atoms. The van der Waals surface area contributed by atoms with E-state index in [1.807, 2.05) is 12.1 Å². The minimum atomic E-state index is -0.596. The Morgan fingerprint density at radius 1 is 1.30 bits per heavy atom. The van der Waals surface area contributed by atoms with E-state index >= 15 is 0 Å². The number of para-hydroxylation sites is 1. The number of nitro groups is 1. The molecule has 0 atom stereocenters. The molecular formula is C18H14N4O5. The number of aromatic nitrogens is 1. The van der Waals surface area contributed by atoms with Gasteiger partial charge in [-0.05, 0) is 18.2 Å². The second kappa shape index (κ2) is 7.91. The van der Waals surface area contributed by atoms with Crippen molar-refractivity contribution >= 4 is 28.7 Å². The van der Waals surface area contributed by atoms with Gasteiger partial charge in [0.1, 0.15) is 17.0 Å². The number of carbonyl (C=O) groups is 1. The van der Waals surface area contributed by atoms with Gasteiger partial charge in [0.05, 0.1) is 11.1 Å². The van der Waals surface area contributed by atoms with E-state index in [4.69, 9.17) is 4.74 Å². The normalized spacial score (nSPS) is 10.8. The van der Waals surface area contributed by atoms with E-state index < -0.39 is 10.8 Å². The summed E-state index contributed by atoms with van der Waals surface area (Å²) in [7, 11) is 0. The van der Waals surface area contributed by atoms with Gasteiger partial charge >= 0.3 is 0 Å². The summed E-state index contributed by atoms with van der Waals surface area (Å²) in [6.07, 6.45) is 2.74. The molecule has 0 aliphatic rings. The molecule has 1 aromatic heterocycles. The minimum Gasteiger partial charge on any atom is -0.507 e. The van der Waals surface area contributed by atoms with Gasteiger partial charge in [0, 0.05) is 29.3 Å². The number of non-ortho nitro benzene ring substituents is 1. The Hall–Kier alpha value is -4.01. The highest BCUT2D eigenvalue weighted by atomic mass is 16.6. The fourth-order valence-electron chi connectivity index (χ4n) is 2.30. The van der Waals surface area contributed by atoms with Crippen LogP contribution >= 0.6 is 0 Å². The highest BCUT2D eigenvalue weighted by Crippen LogP contribution is 2.23. The second-order valence-corrected chi connectivity index (χ2v) is 5.41. The van der Waals surface area contributed by atoms with E-state index in [2.05, 4.69) is 15.5 Å². The van der Waals surface area contributed by atoms with Gasteiger partial charge in [0.2, 0.25) is 0 Å². The Morgan fingerprint density at radius 3 is 2.93 bits per heavy atom. The van der Waals surface area contributed by atoms with E-state index in [-0.39, 0.29) is 23.6 Å². The van der Waals surface area contributed by atoms with Gasteiger partial charge < -0.3 is 9.84 Å². The SMILES string of the molecule is O=C(COc1cccc2cccnc12)N/N=C\c1cc([N+](=O)[O-])ccc1O. The van der Waals surface area contributed by atoms with Crippen LogP contribution in [0.1, 0.15) is 5.56 Å². The number of benzene rings is 2. The Bertz CT molecular complexity index is 1030. The van der Waals surface area contributed by atoms with Crippen molar-refractivity contribution in [2.75, 3.05) is 6.61 Å². The summed E-state index contributed by atoms with van der Waals surface area (Å²) in [6, 6.07) is 12.5. The second-order valence-electron chi connectivity index (χ2n) is 5.41. The van der Waals surface area contributed by atoms with Crippen molar-refractivity contribution in [2.24, 2.45) is 5.10 Å². The molecule has 0 unspecified atom stereocenters. The van der Waals surface area contributed by atoms with Crippen LogP contribution in [0.25, 0.3) is 10.9 Å². The third-order valence-corrected chi connectivity index (χ3v) is 3.57. The lowest BCUT2D eigenvalue weighted by Crippen LogP contribution is -2.24. The number of aromatic hydroxyl groups is 1. The van der Waals surface area contributed by atoms with Gasteiger partial charge in [-0.25, -0.2) is 5.43 Å². The molecule has 9 nitrogen and oxygen atoms in total. The molecule has 136 valence electrons. The summed E-state index contributed by atoms with van der Waals surface area (Å²) in [5.41, 5.74) is 2.77. The first-order chi connectivity index (χ1) is 13.0. The third kappa shape index (κ3) is 4.34. The van der Waals surface area contributed by atoms with Crippen molar-refractivity contribution in [3.63, 3.8) is 0 Å². The Kier molecular flexibility index (Phi) is 5.22. The maximum absolute atomic E-state index is 11.9. The molecule has 1 heterocycles. The summed E-state index contributed by atoms with van der Waals surface area (Å²) in [6.45, 7) is -0.298. The summed E-state index contributed by atoms with van der Waals surface area (Å²) in [5.74, 6) is -0.274. The molecule has 27 heavy (non-hydrogen) atoms. The van der Waals surface area contributed by atoms with Crippen molar-refractivity contribution in [2.45, 2.75) is 0 Å². The van der Waals surface area contributed by atoms with Crippen LogP contribution in [0.4, 0.5) is 5.69 Å². The summed E-state index contributed by atoms with van der Waals surface area (Å²) >= 11 is 0. The van der Waals surface area contributed by atoms with E-state index in [1.54, 1.807) is 24.4 Å². The van der Waals surface area contributed by atoms with E-state index in [0.717, 1.165) is 23.7 Å². The van der Waals surface area contributed by atoms with Gasteiger partial charge in [-0.15, -0.1) is 0 Å². The van der Waals surface area contributed by atoms with Crippen LogP contribution < -0.4 is 10.2 Å². The maximum atomic E-state index is 11.9. The minimum absolute atomic E-state index is 0.101. The third-order valence-electron chi connectivity index (χ3n) is 3.57. The first-order valence-electron chi connectivity index (χ1n) is 7.80. The fourth-order valence-corrected chi connectivity index (χ4v) is 2.30. The van der Waals surface area contributed by atoms with Crippen LogP contribution in [0.2, 0.25) is 0 Å². The lowest BCUT2D eigenvalue weighted by molar-refractivity contribution is -0.384. The smallest absolute Gasteiger partial charge is 0.277 e. The molecule has 3 rings (SSSR count). The zero-order chi connectivity index (χ0) is 19.2. The number of rotatable bonds is 6. The zero-order valence-electron chi connectivity index (χ0n) is 13.9. The number of hydrazone groups is 1. The number of fused-ring (bicyclic) bond motifs is 1. The van der Waals surface area contributed by atoms with Crippen molar-refractivity contribution in [3.8, 4) is 11.5 Å². The average Bonchev–Trinajstić information content (AvgIpc) is 2.67. The molecule has 0 aliphatic heterocycles. The molecule has 9 heteroatoms. The van der Waals surface area contributed by atoms with Crippen molar-refractivity contribution in [1.82, 2.24) is 10.4 Å². The van der Waals surface area contributed by atoms with Gasteiger partial charge in [-0.3, -0.25) is 19.9 Å². The monoisotopic (exact) mass is 366 g/mol. The Morgan fingerprint density at radius 2 is 2.11 bits per heavy atom. The van der Waals surface area contributed by atoms with E-state index in [1.165, 1.54) is 6.07 Å². The predicted octanol–water partition coefficient (Wildman–Crippen LogP) is 2.38. The Balaban J connectivity index is 1.61. The lowest BCUT2D eigenvalue weighted by Gasteiger charge is -2.07. The number of nitro benzene ring substituents is 1. The van der Waals surface area contributed by atoms with Crippen molar-refractivity contribution in [3.05, 3.63) is 70.4 Å². The standard InChI is InChI=1S/C18H14N4O5/c23-15-7-6-14(22(25)26)9-13(15)10-20-21-17(24)11-27-16-5-1-3-12-4-2-8-19-18(12)16/h1-10,23H,11H2,(H,21,24)/b20-10-. The molecule has 0 aliphatic carbocycles. The number of amides is 1.